The van der Waals surface area contributed by atoms with Crippen molar-refractivity contribution in [3.63, 3.8) is 0 Å². The average molecular weight is 396 g/mol. The number of benzene rings is 3. The first-order chi connectivity index (χ1) is 14.7. The maximum absolute atomic E-state index is 12.9. The molecule has 0 fully saturated rings. The Morgan fingerprint density at radius 2 is 1.73 bits per heavy atom. The summed E-state index contributed by atoms with van der Waals surface area (Å²) in [5.41, 5.74) is 6.89. The number of rotatable bonds is 4. The van der Waals surface area contributed by atoms with Crippen molar-refractivity contribution in [1.29, 1.82) is 0 Å². The molecule has 0 saturated carbocycles. The van der Waals surface area contributed by atoms with E-state index >= 15 is 0 Å². The molecule has 30 heavy (non-hydrogen) atoms. The molecule has 1 amide bonds. The Labute approximate surface area is 176 Å². The zero-order valence-corrected chi connectivity index (χ0v) is 17.1. The summed E-state index contributed by atoms with van der Waals surface area (Å²) in [4.78, 5) is 18.9. The SMILES string of the molecule is Cc1ccccc1NC(=O)CN1CCc2c([nH]c3ccccc23)C1c1ccccc1. The monoisotopic (exact) mass is 395 g/mol. The summed E-state index contributed by atoms with van der Waals surface area (Å²) in [7, 11) is 0. The third kappa shape index (κ3) is 3.40. The first-order valence-corrected chi connectivity index (χ1v) is 10.4. The lowest BCUT2D eigenvalue weighted by atomic mass is 9.92. The smallest absolute Gasteiger partial charge is 0.238 e. The van der Waals surface area contributed by atoms with Gasteiger partial charge < -0.3 is 10.3 Å². The molecule has 4 heteroatoms. The van der Waals surface area contributed by atoms with E-state index in [1.165, 1.54) is 22.2 Å². The van der Waals surface area contributed by atoms with E-state index in [1.54, 1.807) is 0 Å². The molecule has 0 bridgehead atoms. The number of fused-ring (bicyclic) bond motifs is 3. The van der Waals surface area contributed by atoms with E-state index in [-0.39, 0.29) is 11.9 Å². The van der Waals surface area contributed by atoms with Crippen LogP contribution in [0.25, 0.3) is 10.9 Å². The van der Waals surface area contributed by atoms with Gasteiger partial charge in [0.25, 0.3) is 0 Å². The van der Waals surface area contributed by atoms with Gasteiger partial charge in [0.1, 0.15) is 0 Å². The summed E-state index contributed by atoms with van der Waals surface area (Å²) < 4.78 is 0. The van der Waals surface area contributed by atoms with Crippen LogP contribution in [-0.4, -0.2) is 28.9 Å². The van der Waals surface area contributed by atoms with Gasteiger partial charge in [0, 0.05) is 28.8 Å². The Kier molecular flexibility index (Phi) is 4.85. The number of aromatic nitrogens is 1. The number of para-hydroxylation sites is 2. The van der Waals surface area contributed by atoms with Crippen LogP contribution in [0.1, 0.15) is 28.4 Å². The number of carbonyl (C=O) groups excluding carboxylic acids is 1. The number of hydrogen-bond donors (Lipinski definition) is 2. The van der Waals surface area contributed by atoms with Crippen LogP contribution in [0.3, 0.4) is 0 Å². The van der Waals surface area contributed by atoms with Crippen LogP contribution in [-0.2, 0) is 11.2 Å². The standard InChI is InChI=1S/C26H25N3O/c1-18-9-5-7-13-22(18)27-24(30)17-29-16-15-21-20-12-6-8-14-23(20)28-25(21)26(29)19-10-3-2-4-11-19/h2-14,26,28H,15-17H2,1H3,(H,27,30). The van der Waals surface area contributed by atoms with Crippen LogP contribution in [0.15, 0.2) is 78.9 Å². The molecule has 1 aliphatic rings. The third-order valence-corrected chi connectivity index (χ3v) is 6.02. The van der Waals surface area contributed by atoms with Gasteiger partial charge in [-0.25, -0.2) is 0 Å². The van der Waals surface area contributed by atoms with Crippen LogP contribution in [0, 0.1) is 6.92 Å². The number of anilines is 1. The Morgan fingerprint density at radius 1 is 1.00 bits per heavy atom. The Morgan fingerprint density at radius 3 is 2.57 bits per heavy atom. The van der Waals surface area contributed by atoms with Gasteiger partial charge in [-0.05, 0) is 42.2 Å². The van der Waals surface area contributed by atoms with E-state index < -0.39 is 0 Å². The van der Waals surface area contributed by atoms with Crippen LogP contribution < -0.4 is 5.32 Å². The predicted octanol–water partition coefficient (Wildman–Crippen LogP) is 5.06. The highest BCUT2D eigenvalue weighted by Gasteiger charge is 2.32. The summed E-state index contributed by atoms with van der Waals surface area (Å²) in [5.74, 6) is 0.0183. The first-order valence-electron chi connectivity index (χ1n) is 10.4. The van der Waals surface area contributed by atoms with Crippen molar-refractivity contribution < 1.29 is 4.79 Å². The summed E-state index contributed by atoms with van der Waals surface area (Å²) in [6, 6.07) is 26.9. The molecule has 0 radical (unpaired) electrons. The van der Waals surface area contributed by atoms with Gasteiger partial charge in [-0.1, -0.05) is 66.7 Å². The van der Waals surface area contributed by atoms with Crippen molar-refractivity contribution in [3.05, 3.63) is 101 Å². The molecule has 1 unspecified atom stereocenters. The largest absolute Gasteiger partial charge is 0.357 e. The number of nitrogens with zero attached hydrogens (tertiary/aromatic N) is 1. The van der Waals surface area contributed by atoms with Crippen molar-refractivity contribution >= 4 is 22.5 Å². The minimum atomic E-state index is 0.0183. The second-order valence-electron chi connectivity index (χ2n) is 7.96. The zero-order chi connectivity index (χ0) is 20.5. The van der Waals surface area contributed by atoms with Crippen LogP contribution in [0.2, 0.25) is 0 Å². The maximum atomic E-state index is 12.9. The Hall–Kier alpha value is -3.37. The molecule has 0 saturated heterocycles. The number of H-pyrrole nitrogens is 1. The molecule has 4 nitrogen and oxygen atoms in total. The molecule has 150 valence electrons. The number of aromatic amines is 1. The van der Waals surface area contributed by atoms with Crippen molar-refractivity contribution in [2.45, 2.75) is 19.4 Å². The molecule has 0 spiro atoms. The predicted molar refractivity (Wildman–Crippen MR) is 122 cm³/mol. The topological polar surface area (TPSA) is 48.1 Å². The molecule has 0 aliphatic carbocycles. The van der Waals surface area contributed by atoms with Gasteiger partial charge >= 0.3 is 0 Å². The first kappa shape index (κ1) is 18.6. The molecular formula is C26H25N3O. The number of hydrogen-bond acceptors (Lipinski definition) is 2. The Balaban J connectivity index is 1.48. The quantitative estimate of drug-likeness (QED) is 0.507. The molecule has 2 N–H and O–H groups in total. The number of aryl methyl sites for hydroxylation is 1. The lowest BCUT2D eigenvalue weighted by Gasteiger charge is -2.35. The molecule has 4 aromatic rings. The van der Waals surface area contributed by atoms with Crippen molar-refractivity contribution in [2.75, 3.05) is 18.4 Å². The van der Waals surface area contributed by atoms with E-state index in [0.717, 1.165) is 29.7 Å². The van der Waals surface area contributed by atoms with Crippen molar-refractivity contribution in [3.8, 4) is 0 Å². The fraction of sp³-hybridized carbons (Fsp3) is 0.192. The van der Waals surface area contributed by atoms with Gasteiger partial charge in [-0.2, -0.15) is 0 Å². The summed E-state index contributed by atoms with van der Waals surface area (Å²) >= 11 is 0. The normalized spacial score (nSPS) is 16.4. The maximum Gasteiger partial charge on any atom is 0.238 e. The minimum absolute atomic E-state index is 0.0183. The van der Waals surface area contributed by atoms with E-state index in [1.807, 2.05) is 37.3 Å². The van der Waals surface area contributed by atoms with Gasteiger partial charge in [-0.15, -0.1) is 0 Å². The van der Waals surface area contributed by atoms with E-state index in [0.29, 0.717) is 6.54 Å². The Bertz CT molecular complexity index is 1200. The van der Waals surface area contributed by atoms with Crippen LogP contribution in [0.5, 0.6) is 0 Å². The summed E-state index contributed by atoms with van der Waals surface area (Å²) in [6.45, 7) is 3.21. The second-order valence-corrected chi connectivity index (χ2v) is 7.96. The van der Waals surface area contributed by atoms with Gasteiger partial charge in [0.05, 0.1) is 12.6 Å². The van der Waals surface area contributed by atoms with Crippen LogP contribution in [0.4, 0.5) is 5.69 Å². The zero-order valence-electron chi connectivity index (χ0n) is 17.1. The second kappa shape index (κ2) is 7.81. The van der Waals surface area contributed by atoms with Crippen molar-refractivity contribution in [2.24, 2.45) is 0 Å². The molecule has 1 aliphatic heterocycles. The average Bonchev–Trinajstić information content (AvgIpc) is 3.14. The van der Waals surface area contributed by atoms with Gasteiger partial charge in [-0.3, -0.25) is 9.69 Å². The minimum Gasteiger partial charge on any atom is -0.357 e. The molecule has 5 rings (SSSR count). The summed E-state index contributed by atoms with van der Waals surface area (Å²) in [6.07, 6.45) is 0.931. The molecule has 1 atom stereocenters. The molecular weight excluding hydrogens is 370 g/mol. The lowest BCUT2D eigenvalue weighted by Crippen LogP contribution is -2.41. The highest BCUT2D eigenvalue weighted by molar-refractivity contribution is 5.93. The van der Waals surface area contributed by atoms with E-state index in [2.05, 4.69) is 63.7 Å². The molecule has 2 heterocycles. The van der Waals surface area contributed by atoms with Crippen LogP contribution >= 0.6 is 0 Å². The van der Waals surface area contributed by atoms with E-state index in [9.17, 15) is 4.79 Å². The lowest BCUT2D eigenvalue weighted by molar-refractivity contribution is -0.117. The van der Waals surface area contributed by atoms with Crippen molar-refractivity contribution in [1.82, 2.24) is 9.88 Å². The molecule has 1 aromatic heterocycles. The molecule has 3 aromatic carbocycles. The highest BCUT2D eigenvalue weighted by Crippen LogP contribution is 2.38. The van der Waals surface area contributed by atoms with Gasteiger partial charge in [0.2, 0.25) is 5.91 Å². The number of carbonyl (C=O) groups is 1. The fourth-order valence-corrected chi connectivity index (χ4v) is 4.56. The highest BCUT2D eigenvalue weighted by atomic mass is 16.2. The third-order valence-electron chi connectivity index (χ3n) is 6.02. The number of amides is 1. The number of nitrogens with one attached hydrogen (secondary N) is 2. The van der Waals surface area contributed by atoms with E-state index in [4.69, 9.17) is 0 Å². The fourth-order valence-electron chi connectivity index (χ4n) is 4.56. The summed E-state index contributed by atoms with van der Waals surface area (Å²) in [5, 5.41) is 4.38. The van der Waals surface area contributed by atoms with Gasteiger partial charge in [0.15, 0.2) is 0 Å².